The van der Waals surface area contributed by atoms with Crippen LogP contribution in [0.3, 0.4) is 0 Å². The van der Waals surface area contributed by atoms with Gasteiger partial charge in [0.05, 0.1) is 11.3 Å². The van der Waals surface area contributed by atoms with E-state index in [4.69, 9.17) is 0 Å². The molecule has 4 nitrogen and oxygen atoms in total. The van der Waals surface area contributed by atoms with Crippen LogP contribution in [-0.2, 0) is 0 Å². The van der Waals surface area contributed by atoms with E-state index in [0.29, 0.717) is 5.56 Å². The number of carbonyl (C=O) groups is 1. The molecule has 1 aromatic carbocycles. The van der Waals surface area contributed by atoms with Crippen molar-refractivity contribution >= 4 is 11.6 Å². The molecule has 0 spiro atoms. The molecular weight excluding hydrogens is 298 g/mol. The number of rotatable bonds is 4. The molecule has 0 saturated carbocycles. The van der Waals surface area contributed by atoms with E-state index >= 15 is 0 Å². The Bertz CT molecular complexity index is 664. The van der Waals surface area contributed by atoms with Crippen molar-refractivity contribution in [1.82, 2.24) is 9.88 Å². The largest absolute Gasteiger partial charge is 0.377 e. The first-order chi connectivity index (χ1) is 11.7. The second-order valence-electron chi connectivity index (χ2n) is 6.45. The minimum absolute atomic E-state index is 0.0976. The van der Waals surface area contributed by atoms with Crippen LogP contribution in [0.25, 0.3) is 0 Å². The van der Waals surface area contributed by atoms with Gasteiger partial charge in [0.15, 0.2) is 0 Å². The Morgan fingerprint density at radius 2 is 1.79 bits per heavy atom. The van der Waals surface area contributed by atoms with Crippen LogP contribution in [0, 0.1) is 0 Å². The zero-order valence-corrected chi connectivity index (χ0v) is 14.2. The van der Waals surface area contributed by atoms with Crippen molar-refractivity contribution in [2.75, 3.05) is 18.4 Å². The predicted molar refractivity (Wildman–Crippen MR) is 97.1 cm³/mol. The van der Waals surface area contributed by atoms with Crippen LogP contribution in [-0.4, -0.2) is 28.9 Å². The number of carbonyl (C=O) groups excluding carboxylic acids is 1. The van der Waals surface area contributed by atoms with Crippen molar-refractivity contribution in [3.8, 4) is 0 Å². The summed E-state index contributed by atoms with van der Waals surface area (Å²) in [4.78, 5) is 18.9. The Balaban J connectivity index is 1.70. The maximum absolute atomic E-state index is 12.7. The molecule has 1 aliphatic rings. The summed E-state index contributed by atoms with van der Waals surface area (Å²) < 4.78 is 0. The zero-order valence-electron chi connectivity index (χ0n) is 14.2. The van der Waals surface area contributed by atoms with Gasteiger partial charge in [0, 0.05) is 31.5 Å². The number of nitrogens with zero attached hydrogens (tertiary/aromatic N) is 2. The van der Waals surface area contributed by atoms with Crippen molar-refractivity contribution in [2.24, 2.45) is 0 Å². The highest BCUT2D eigenvalue weighted by molar-refractivity contribution is 5.94. The quantitative estimate of drug-likeness (QED) is 0.914. The molecule has 1 unspecified atom stereocenters. The lowest BCUT2D eigenvalue weighted by atomic mass is 10.1. The Kier molecular flexibility index (Phi) is 5.47. The first-order valence-electron chi connectivity index (χ1n) is 8.80. The number of hydrogen-bond acceptors (Lipinski definition) is 3. The SMILES string of the molecule is CC(Nc1cncc(C(=O)N2CCCCCC2)c1)c1ccccc1. The summed E-state index contributed by atoms with van der Waals surface area (Å²) in [6.45, 7) is 3.83. The summed E-state index contributed by atoms with van der Waals surface area (Å²) in [7, 11) is 0. The van der Waals surface area contributed by atoms with Crippen LogP contribution in [0.4, 0.5) is 5.69 Å². The number of amides is 1. The third kappa shape index (κ3) is 4.13. The Hall–Kier alpha value is -2.36. The van der Waals surface area contributed by atoms with Gasteiger partial charge in [-0.3, -0.25) is 9.78 Å². The Morgan fingerprint density at radius 3 is 2.50 bits per heavy atom. The van der Waals surface area contributed by atoms with E-state index in [1.54, 1.807) is 12.4 Å². The van der Waals surface area contributed by atoms with Crippen molar-refractivity contribution < 1.29 is 4.79 Å². The van der Waals surface area contributed by atoms with E-state index in [1.807, 2.05) is 29.2 Å². The molecule has 0 radical (unpaired) electrons. The first kappa shape index (κ1) is 16.5. The number of pyridine rings is 1. The normalized spacial score (nSPS) is 16.3. The average Bonchev–Trinajstić information content (AvgIpc) is 2.91. The summed E-state index contributed by atoms with van der Waals surface area (Å²) in [6, 6.07) is 12.3. The highest BCUT2D eigenvalue weighted by atomic mass is 16.2. The van der Waals surface area contributed by atoms with Gasteiger partial charge in [0.2, 0.25) is 0 Å². The number of hydrogen-bond donors (Lipinski definition) is 1. The number of benzene rings is 1. The molecular formula is C20H25N3O. The minimum atomic E-state index is 0.0976. The molecule has 4 heteroatoms. The molecule has 1 amide bonds. The molecule has 126 valence electrons. The number of anilines is 1. The zero-order chi connectivity index (χ0) is 16.8. The van der Waals surface area contributed by atoms with Crippen LogP contribution in [0.15, 0.2) is 48.8 Å². The molecule has 1 atom stereocenters. The van der Waals surface area contributed by atoms with Gasteiger partial charge >= 0.3 is 0 Å². The maximum Gasteiger partial charge on any atom is 0.255 e. The van der Waals surface area contributed by atoms with Gasteiger partial charge in [-0.05, 0) is 31.4 Å². The van der Waals surface area contributed by atoms with Gasteiger partial charge in [0.25, 0.3) is 5.91 Å². The molecule has 2 aromatic rings. The van der Waals surface area contributed by atoms with Crippen LogP contribution in [0.1, 0.15) is 54.6 Å². The summed E-state index contributed by atoms with van der Waals surface area (Å²) in [6.07, 6.45) is 8.09. The molecule has 1 saturated heterocycles. The predicted octanol–water partition coefficient (Wildman–Crippen LogP) is 4.27. The van der Waals surface area contributed by atoms with E-state index in [-0.39, 0.29) is 11.9 Å². The molecule has 24 heavy (non-hydrogen) atoms. The molecule has 1 N–H and O–H groups in total. The van der Waals surface area contributed by atoms with Gasteiger partial charge < -0.3 is 10.2 Å². The monoisotopic (exact) mass is 323 g/mol. The van der Waals surface area contributed by atoms with Crippen LogP contribution in [0.2, 0.25) is 0 Å². The number of aromatic nitrogens is 1. The fourth-order valence-corrected chi connectivity index (χ4v) is 3.17. The van der Waals surface area contributed by atoms with Crippen molar-refractivity contribution in [3.05, 3.63) is 59.9 Å². The van der Waals surface area contributed by atoms with Gasteiger partial charge in [-0.15, -0.1) is 0 Å². The third-order valence-corrected chi connectivity index (χ3v) is 4.56. The molecule has 1 aliphatic heterocycles. The van der Waals surface area contributed by atoms with E-state index in [2.05, 4.69) is 29.4 Å². The third-order valence-electron chi connectivity index (χ3n) is 4.56. The summed E-state index contributed by atoms with van der Waals surface area (Å²) in [5, 5.41) is 3.44. The lowest BCUT2D eigenvalue weighted by Gasteiger charge is -2.21. The van der Waals surface area contributed by atoms with E-state index in [1.165, 1.54) is 18.4 Å². The summed E-state index contributed by atoms with van der Waals surface area (Å²) in [5.74, 6) is 0.0976. The summed E-state index contributed by atoms with van der Waals surface area (Å²) in [5.41, 5.74) is 2.76. The Morgan fingerprint density at radius 1 is 1.08 bits per heavy atom. The molecule has 3 rings (SSSR count). The van der Waals surface area contributed by atoms with Gasteiger partial charge in [-0.1, -0.05) is 43.2 Å². The summed E-state index contributed by atoms with van der Waals surface area (Å²) >= 11 is 0. The minimum Gasteiger partial charge on any atom is -0.377 e. The van der Waals surface area contributed by atoms with Gasteiger partial charge in [0.1, 0.15) is 0 Å². The van der Waals surface area contributed by atoms with E-state index in [0.717, 1.165) is 31.6 Å². The van der Waals surface area contributed by atoms with Crippen molar-refractivity contribution in [3.63, 3.8) is 0 Å². The number of likely N-dealkylation sites (tertiary alicyclic amines) is 1. The van der Waals surface area contributed by atoms with Gasteiger partial charge in [-0.2, -0.15) is 0 Å². The molecule has 2 heterocycles. The standard InChI is InChI=1S/C20H25N3O/c1-16(17-9-5-4-6-10-17)22-19-13-18(14-21-15-19)20(24)23-11-7-2-3-8-12-23/h4-6,9-10,13-16,22H,2-3,7-8,11-12H2,1H3. The average molecular weight is 323 g/mol. The lowest BCUT2D eigenvalue weighted by Crippen LogP contribution is -2.31. The topological polar surface area (TPSA) is 45.2 Å². The molecule has 0 aliphatic carbocycles. The highest BCUT2D eigenvalue weighted by Gasteiger charge is 2.18. The highest BCUT2D eigenvalue weighted by Crippen LogP contribution is 2.20. The first-order valence-corrected chi connectivity index (χ1v) is 8.80. The second kappa shape index (κ2) is 7.95. The molecule has 1 fully saturated rings. The van der Waals surface area contributed by atoms with Crippen molar-refractivity contribution in [2.45, 2.75) is 38.6 Å². The van der Waals surface area contributed by atoms with Crippen molar-refractivity contribution in [1.29, 1.82) is 0 Å². The van der Waals surface area contributed by atoms with Gasteiger partial charge in [-0.25, -0.2) is 0 Å². The fourth-order valence-electron chi connectivity index (χ4n) is 3.17. The van der Waals surface area contributed by atoms with E-state index in [9.17, 15) is 4.79 Å². The van der Waals surface area contributed by atoms with Crippen LogP contribution in [0.5, 0.6) is 0 Å². The Labute approximate surface area is 143 Å². The molecule has 0 bridgehead atoms. The van der Waals surface area contributed by atoms with E-state index < -0.39 is 0 Å². The smallest absolute Gasteiger partial charge is 0.255 e. The molecule has 1 aromatic heterocycles. The maximum atomic E-state index is 12.7. The van der Waals surface area contributed by atoms with Crippen LogP contribution >= 0.6 is 0 Å². The van der Waals surface area contributed by atoms with Crippen LogP contribution < -0.4 is 5.32 Å². The number of nitrogens with one attached hydrogen (secondary N) is 1. The lowest BCUT2D eigenvalue weighted by molar-refractivity contribution is 0.0761. The second-order valence-corrected chi connectivity index (χ2v) is 6.45. The fraction of sp³-hybridized carbons (Fsp3) is 0.400.